The molecule has 0 spiro atoms. The number of hydrogen-bond donors (Lipinski definition) is 0. The fraction of sp³-hybridized carbons (Fsp3) is 0.0690. The Balaban J connectivity index is 1.34. The molecule has 5 aromatic carbocycles. The minimum absolute atomic E-state index is 0.277. The summed E-state index contributed by atoms with van der Waals surface area (Å²) >= 11 is 0. The van der Waals surface area contributed by atoms with E-state index in [1.807, 2.05) is 54.7 Å². The van der Waals surface area contributed by atoms with Gasteiger partial charge in [0.25, 0.3) is 10.0 Å². The lowest BCUT2D eigenvalue weighted by atomic mass is 9.97. The van der Waals surface area contributed by atoms with Gasteiger partial charge in [-0.25, -0.2) is 8.42 Å². The average molecular weight is 463 g/mol. The quantitative estimate of drug-likeness (QED) is 0.226. The number of para-hydroxylation sites is 1. The first-order chi connectivity index (χ1) is 16.6. The predicted molar refractivity (Wildman–Crippen MR) is 140 cm³/mol. The van der Waals surface area contributed by atoms with Crippen LogP contribution in [0.15, 0.2) is 113 Å². The van der Waals surface area contributed by atoms with Gasteiger partial charge < -0.3 is 0 Å². The maximum Gasteiger partial charge on any atom is 0.264 e. The zero-order valence-electron chi connectivity index (χ0n) is 18.4. The molecule has 5 heteroatoms. The second kappa shape index (κ2) is 8.12. The molecule has 34 heavy (non-hydrogen) atoms. The second-order valence-electron chi connectivity index (χ2n) is 8.44. The minimum atomic E-state index is -3.61. The molecular weight excluding hydrogens is 440 g/mol. The molecule has 0 saturated heterocycles. The van der Waals surface area contributed by atoms with Crippen LogP contribution >= 0.6 is 0 Å². The van der Waals surface area contributed by atoms with Gasteiger partial charge in [-0.1, -0.05) is 66.7 Å². The van der Waals surface area contributed by atoms with Crippen molar-refractivity contribution in [2.75, 3.05) is 10.8 Å². The molecule has 0 unspecified atom stereocenters. The fourth-order valence-corrected chi connectivity index (χ4v) is 6.22. The van der Waals surface area contributed by atoms with E-state index in [9.17, 15) is 8.42 Å². The number of anilines is 1. The zero-order valence-corrected chi connectivity index (χ0v) is 19.2. The van der Waals surface area contributed by atoms with Gasteiger partial charge in [-0.2, -0.15) is 0 Å². The highest BCUT2D eigenvalue weighted by Crippen LogP contribution is 2.33. The van der Waals surface area contributed by atoms with Crippen molar-refractivity contribution in [3.63, 3.8) is 0 Å². The normalized spacial score (nSPS) is 13.7. The third-order valence-electron chi connectivity index (χ3n) is 6.42. The van der Waals surface area contributed by atoms with E-state index in [1.165, 1.54) is 4.31 Å². The number of hydrogen-bond acceptors (Lipinski definition) is 3. The fourth-order valence-electron chi connectivity index (χ4n) is 4.72. The van der Waals surface area contributed by atoms with Crippen molar-refractivity contribution in [1.29, 1.82) is 0 Å². The summed E-state index contributed by atoms with van der Waals surface area (Å²) in [6.07, 6.45) is 2.61. The van der Waals surface area contributed by atoms with Crippen molar-refractivity contribution in [3.05, 3.63) is 114 Å². The van der Waals surface area contributed by atoms with Gasteiger partial charge >= 0.3 is 0 Å². The Hall–Kier alpha value is -3.96. The molecule has 1 aliphatic rings. The summed E-state index contributed by atoms with van der Waals surface area (Å²) < 4.78 is 28.0. The Kier molecular flexibility index (Phi) is 4.93. The summed E-state index contributed by atoms with van der Waals surface area (Å²) in [5.41, 5.74) is 3.60. The molecule has 0 saturated carbocycles. The van der Waals surface area contributed by atoms with Crippen LogP contribution in [0.4, 0.5) is 11.4 Å². The maximum absolute atomic E-state index is 13.3. The van der Waals surface area contributed by atoms with Crippen molar-refractivity contribution >= 4 is 49.2 Å². The molecule has 4 nitrogen and oxygen atoms in total. The molecule has 1 aliphatic heterocycles. The lowest BCUT2D eigenvalue weighted by Gasteiger charge is -2.19. The Morgan fingerprint density at radius 1 is 0.735 bits per heavy atom. The van der Waals surface area contributed by atoms with E-state index in [0.29, 0.717) is 12.2 Å². The van der Waals surface area contributed by atoms with Crippen molar-refractivity contribution in [2.45, 2.75) is 11.3 Å². The van der Waals surface area contributed by atoms with E-state index in [1.54, 1.807) is 24.3 Å². The molecule has 5 aromatic rings. The van der Waals surface area contributed by atoms with E-state index >= 15 is 0 Å². The van der Waals surface area contributed by atoms with Gasteiger partial charge in [0.15, 0.2) is 0 Å². The first-order valence-corrected chi connectivity index (χ1v) is 12.7. The third-order valence-corrected chi connectivity index (χ3v) is 8.25. The summed E-state index contributed by atoms with van der Waals surface area (Å²) in [5.74, 6) is 0. The van der Waals surface area contributed by atoms with E-state index in [-0.39, 0.29) is 4.90 Å². The maximum atomic E-state index is 13.3. The van der Waals surface area contributed by atoms with Crippen molar-refractivity contribution in [1.82, 2.24) is 0 Å². The molecule has 0 radical (unpaired) electrons. The molecule has 0 N–H and O–H groups in total. The van der Waals surface area contributed by atoms with Crippen LogP contribution < -0.4 is 4.31 Å². The van der Waals surface area contributed by atoms with E-state index in [0.717, 1.165) is 44.8 Å². The molecule has 0 aliphatic carbocycles. The summed E-state index contributed by atoms with van der Waals surface area (Å²) in [5, 5.41) is 4.60. The lowest BCUT2D eigenvalue weighted by molar-refractivity contribution is 0.592. The van der Waals surface area contributed by atoms with Gasteiger partial charge in [0, 0.05) is 18.3 Å². The average Bonchev–Trinajstić information content (AvgIpc) is 3.32. The van der Waals surface area contributed by atoms with Gasteiger partial charge in [-0.3, -0.25) is 9.30 Å². The van der Waals surface area contributed by atoms with Crippen molar-refractivity contribution < 1.29 is 8.42 Å². The number of rotatable bonds is 4. The summed E-state index contributed by atoms with van der Waals surface area (Å²) in [6.45, 7) is 0.468. The topological polar surface area (TPSA) is 49.7 Å². The van der Waals surface area contributed by atoms with Crippen LogP contribution in [0.2, 0.25) is 0 Å². The van der Waals surface area contributed by atoms with Crippen LogP contribution in [0.5, 0.6) is 0 Å². The molecule has 0 atom stereocenters. The Morgan fingerprint density at radius 3 is 2.06 bits per heavy atom. The van der Waals surface area contributed by atoms with Crippen LogP contribution in [0.25, 0.3) is 21.5 Å². The number of nitrogens with zero attached hydrogens (tertiary/aromatic N) is 2. The highest BCUT2D eigenvalue weighted by molar-refractivity contribution is 7.92. The number of sulfonamides is 1. The van der Waals surface area contributed by atoms with Gasteiger partial charge in [-0.15, -0.1) is 0 Å². The van der Waals surface area contributed by atoms with Gasteiger partial charge in [0.05, 0.1) is 16.3 Å². The summed E-state index contributed by atoms with van der Waals surface area (Å²) in [4.78, 5) is 4.98. The van der Waals surface area contributed by atoms with Gasteiger partial charge in [0.2, 0.25) is 0 Å². The van der Waals surface area contributed by atoms with Crippen molar-refractivity contribution in [2.24, 2.45) is 4.99 Å². The molecule has 0 bridgehead atoms. The molecule has 0 fully saturated rings. The van der Waals surface area contributed by atoms with E-state index in [2.05, 4.69) is 30.3 Å². The predicted octanol–water partition coefficient (Wildman–Crippen LogP) is 6.50. The first-order valence-electron chi connectivity index (χ1n) is 11.3. The number of fused-ring (bicyclic) bond motifs is 3. The van der Waals surface area contributed by atoms with Crippen LogP contribution in [0.1, 0.15) is 11.1 Å². The Morgan fingerprint density at radius 2 is 1.35 bits per heavy atom. The molecule has 0 amide bonds. The van der Waals surface area contributed by atoms with Crippen LogP contribution in [-0.4, -0.2) is 21.2 Å². The Labute approximate surface area is 198 Å². The minimum Gasteiger partial charge on any atom is -0.266 e. The lowest BCUT2D eigenvalue weighted by Crippen LogP contribution is -2.29. The molecule has 166 valence electrons. The Bertz CT molecular complexity index is 1620. The number of aliphatic imine (C=N–C) groups is 1. The van der Waals surface area contributed by atoms with Gasteiger partial charge in [0.1, 0.15) is 0 Å². The smallest absolute Gasteiger partial charge is 0.264 e. The van der Waals surface area contributed by atoms with Gasteiger partial charge in [-0.05, 0) is 69.9 Å². The second-order valence-corrected chi connectivity index (χ2v) is 10.3. The van der Waals surface area contributed by atoms with Crippen LogP contribution in [-0.2, 0) is 16.4 Å². The summed E-state index contributed by atoms with van der Waals surface area (Å²) in [7, 11) is -3.61. The zero-order chi connectivity index (χ0) is 23.1. The standard InChI is InChI=1S/C29H22N2O2S/c32-34(33,31-18-17-21-7-3-6-12-29(21)31)25-15-13-24(14-16-25)30-20-28-26-10-4-1-8-22(26)19-23-9-2-5-11-27(23)28/h1-16,19-20H,17-18H2. The molecule has 1 heterocycles. The highest BCUT2D eigenvalue weighted by Gasteiger charge is 2.30. The molecular formula is C29H22N2O2S. The largest absolute Gasteiger partial charge is 0.266 e. The van der Waals surface area contributed by atoms with Crippen molar-refractivity contribution in [3.8, 4) is 0 Å². The van der Waals surface area contributed by atoms with E-state index < -0.39 is 10.0 Å². The SMILES string of the molecule is O=S(=O)(c1ccc(N=Cc2c3ccccc3cc3ccccc23)cc1)N1CCc2ccccc21. The highest BCUT2D eigenvalue weighted by atomic mass is 32.2. The summed E-state index contributed by atoms with van der Waals surface area (Å²) in [6, 6.07) is 33.2. The number of benzene rings is 5. The monoisotopic (exact) mass is 462 g/mol. The third kappa shape index (κ3) is 3.45. The van der Waals surface area contributed by atoms with Crippen LogP contribution in [0, 0.1) is 0 Å². The molecule has 0 aromatic heterocycles. The van der Waals surface area contributed by atoms with E-state index in [4.69, 9.17) is 4.99 Å². The van der Waals surface area contributed by atoms with Crippen LogP contribution in [0.3, 0.4) is 0 Å². The first kappa shape index (κ1) is 20.6. The molecule has 6 rings (SSSR count).